The molecule has 0 saturated carbocycles. The number of hydrogen-bond acceptors (Lipinski definition) is 3. The molecule has 0 aliphatic carbocycles. The van der Waals surface area contributed by atoms with E-state index in [1.807, 2.05) is 0 Å². The van der Waals surface area contributed by atoms with Crippen molar-refractivity contribution in [2.75, 3.05) is 32.8 Å². The molecule has 2 rings (SSSR count). The third-order valence-corrected chi connectivity index (χ3v) is 3.47. The molecular weight excluding hydrogens is 164 g/mol. The van der Waals surface area contributed by atoms with Crippen molar-refractivity contribution in [3.8, 4) is 0 Å². The molecule has 76 valence electrons. The van der Waals surface area contributed by atoms with Crippen molar-refractivity contribution in [3.05, 3.63) is 0 Å². The van der Waals surface area contributed by atoms with Gasteiger partial charge in [-0.1, -0.05) is 6.92 Å². The third kappa shape index (κ3) is 1.87. The predicted molar refractivity (Wildman–Crippen MR) is 52.8 cm³/mol. The van der Waals surface area contributed by atoms with Crippen LogP contribution in [0.5, 0.6) is 0 Å². The number of fused-ring (bicyclic) bond motifs is 1. The van der Waals surface area contributed by atoms with Crippen LogP contribution in [-0.4, -0.2) is 49.8 Å². The van der Waals surface area contributed by atoms with Crippen LogP contribution in [0.4, 0.5) is 0 Å². The molecule has 0 unspecified atom stereocenters. The fourth-order valence-corrected chi connectivity index (χ4v) is 2.36. The Morgan fingerprint density at radius 3 is 3.00 bits per heavy atom. The first-order valence-corrected chi connectivity index (χ1v) is 5.33. The van der Waals surface area contributed by atoms with E-state index in [2.05, 4.69) is 24.1 Å². The molecule has 3 atom stereocenters. The lowest BCUT2D eigenvalue weighted by Gasteiger charge is -2.39. The Balaban J connectivity index is 2.06. The zero-order chi connectivity index (χ0) is 9.26. The molecule has 13 heavy (non-hydrogen) atoms. The van der Waals surface area contributed by atoms with Gasteiger partial charge in [0, 0.05) is 25.2 Å². The Morgan fingerprint density at radius 1 is 1.31 bits per heavy atom. The van der Waals surface area contributed by atoms with Crippen molar-refractivity contribution in [2.24, 2.45) is 5.92 Å². The second-order valence-corrected chi connectivity index (χ2v) is 4.34. The van der Waals surface area contributed by atoms with Gasteiger partial charge in [0.25, 0.3) is 0 Å². The molecule has 1 N–H and O–H groups in total. The standard InChI is InChI=1S/C10H20N2O/c1-8-5-11-6-10-7-13-4-3-12(10)9(8)2/h8-11H,3-7H2,1-2H3/t8-,9-,10+/m1/s1. The van der Waals surface area contributed by atoms with Gasteiger partial charge in [0.15, 0.2) is 0 Å². The van der Waals surface area contributed by atoms with Crippen molar-refractivity contribution < 1.29 is 4.74 Å². The summed E-state index contributed by atoms with van der Waals surface area (Å²) < 4.78 is 5.50. The first kappa shape index (κ1) is 9.44. The fraction of sp³-hybridized carbons (Fsp3) is 1.00. The van der Waals surface area contributed by atoms with E-state index < -0.39 is 0 Å². The molecule has 0 aromatic carbocycles. The Bertz CT molecular complexity index is 172. The predicted octanol–water partition coefficient (Wildman–Crippen LogP) is 0.315. The maximum atomic E-state index is 5.50. The highest BCUT2D eigenvalue weighted by atomic mass is 16.5. The van der Waals surface area contributed by atoms with E-state index in [0.717, 1.165) is 38.8 Å². The molecule has 2 aliphatic heterocycles. The summed E-state index contributed by atoms with van der Waals surface area (Å²) in [6, 6.07) is 1.30. The van der Waals surface area contributed by atoms with Gasteiger partial charge >= 0.3 is 0 Å². The quantitative estimate of drug-likeness (QED) is 0.586. The summed E-state index contributed by atoms with van der Waals surface area (Å²) in [5.74, 6) is 0.753. The lowest BCUT2D eigenvalue weighted by Crippen LogP contribution is -2.52. The molecule has 0 radical (unpaired) electrons. The maximum absolute atomic E-state index is 5.50. The minimum Gasteiger partial charge on any atom is -0.378 e. The van der Waals surface area contributed by atoms with E-state index in [1.165, 1.54) is 0 Å². The number of morpholine rings is 1. The van der Waals surface area contributed by atoms with Crippen LogP contribution in [0.3, 0.4) is 0 Å². The van der Waals surface area contributed by atoms with Crippen LogP contribution in [0.1, 0.15) is 13.8 Å². The van der Waals surface area contributed by atoms with Gasteiger partial charge in [0.05, 0.1) is 13.2 Å². The zero-order valence-corrected chi connectivity index (χ0v) is 8.62. The van der Waals surface area contributed by atoms with E-state index in [9.17, 15) is 0 Å². The first-order valence-electron chi connectivity index (χ1n) is 5.33. The lowest BCUT2D eigenvalue weighted by atomic mass is 10.0. The number of nitrogens with zero attached hydrogens (tertiary/aromatic N) is 1. The van der Waals surface area contributed by atoms with Gasteiger partial charge in [-0.3, -0.25) is 4.90 Å². The smallest absolute Gasteiger partial charge is 0.0635 e. The van der Waals surface area contributed by atoms with Crippen LogP contribution in [0.2, 0.25) is 0 Å². The number of rotatable bonds is 0. The molecule has 3 nitrogen and oxygen atoms in total. The second-order valence-electron chi connectivity index (χ2n) is 4.34. The summed E-state index contributed by atoms with van der Waals surface area (Å²) in [6.45, 7) is 9.84. The lowest BCUT2D eigenvalue weighted by molar-refractivity contribution is -0.0254. The summed E-state index contributed by atoms with van der Waals surface area (Å²) in [7, 11) is 0. The van der Waals surface area contributed by atoms with Gasteiger partial charge in [-0.15, -0.1) is 0 Å². The molecule has 0 bridgehead atoms. The molecule has 2 heterocycles. The van der Waals surface area contributed by atoms with Crippen LogP contribution >= 0.6 is 0 Å². The van der Waals surface area contributed by atoms with Crippen molar-refractivity contribution in [1.82, 2.24) is 10.2 Å². The molecule has 0 spiro atoms. The SMILES string of the molecule is C[C@@H]1CNC[C@H]2COCCN2[C@@H]1C. The Hall–Kier alpha value is -0.120. The molecule has 2 saturated heterocycles. The fourth-order valence-electron chi connectivity index (χ4n) is 2.36. The van der Waals surface area contributed by atoms with Crippen molar-refractivity contribution >= 4 is 0 Å². The maximum Gasteiger partial charge on any atom is 0.0635 e. The van der Waals surface area contributed by atoms with Crippen LogP contribution in [0.15, 0.2) is 0 Å². The highest BCUT2D eigenvalue weighted by Crippen LogP contribution is 2.19. The molecule has 2 aliphatic rings. The molecule has 2 fully saturated rings. The summed E-state index contributed by atoms with van der Waals surface area (Å²) in [5, 5.41) is 3.50. The van der Waals surface area contributed by atoms with Gasteiger partial charge < -0.3 is 10.1 Å². The van der Waals surface area contributed by atoms with Gasteiger partial charge in [-0.25, -0.2) is 0 Å². The highest BCUT2D eigenvalue weighted by molar-refractivity contribution is 4.87. The van der Waals surface area contributed by atoms with E-state index in [1.54, 1.807) is 0 Å². The average molecular weight is 184 g/mol. The molecule has 0 amide bonds. The highest BCUT2D eigenvalue weighted by Gasteiger charge is 2.31. The number of nitrogens with one attached hydrogen (secondary N) is 1. The van der Waals surface area contributed by atoms with E-state index in [-0.39, 0.29) is 0 Å². The van der Waals surface area contributed by atoms with E-state index in [4.69, 9.17) is 4.74 Å². The van der Waals surface area contributed by atoms with Crippen LogP contribution in [0.25, 0.3) is 0 Å². The van der Waals surface area contributed by atoms with E-state index >= 15 is 0 Å². The molecule has 3 heteroatoms. The largest absolute Gasteiger partial charge is 0.378 e. The topological polar surface area (TPSA) is 24.5 Å². The monoisotopic (exact) mass is 184 g/mol. The van der Waals surface area contributed by atoms with Gasteiger partial charge in [0.1, 0.15) is 0 Å². The summed E-state index contributed by atoms with van der Waals surface area (Å²) in [5.41, 5.74) is 0. The minimum atomic E-state index is 0.605. The van der Waals surface area contributed by atoms with Crippen LogP contribution in [0, 0.1) is 5.92 Å². The third-order valence-electron chi connectivity index (χ3n) is 3.47. The van der Waals surface area contributed by atoms with Crippen molar-refractivity contribution in [3.63, 3.8) is 0 Å². The molecule has 0 aromatic heterocycles. The number of ether oxygens (including phenoxy) is 1. The zero-order valence-electron chi connectivity index (χ0n) is 8.62. The van der Waals surface area contributed by atoms with Crippen molar-refractivity contribution in [1.29, 1.82) is 0 Å². The normalized spacial score (nSPS) is 42.5. The Kier molecular flexibility index (Phi) is 2.86. The number of hydrogen-bond donors (Lipinski definition) is 1. The first-order chi connectivity index (χ1) is 6.29. The van der Waals surface area contributed by atoms with Crippen LogP contribution < -0.4 is 5.32 Å². The summed E-state index contributed by atoms with van der Waals surface area (Å²) in [6.07, 6.45) is 0. The van der Waals surface area contributed by atoms with Crippen LogP contribution in [-0.2, 0) is 4.74 Å². The summed E-state index contributed by atoms with van der Waals surface area (Å²) >= 11 is 0. The van der Waals surface area contributed by atoms with Gasteiger partial charge in [0.2, 0.25) is 0 Å². The van der Waals surface area contributed by atoms with E-state index in [0.29, 0.717) is 12.1 Å². The van der Waals surface area contributed by atoms with Crippen molar-refractivity contribution in [2.45, 2.75) is 25.9 Å². The summed E-state index contributed by atoms with van der Waals surface area (Å²) in [4.78, 5) is 2.61. The Morgan fingerprint density at radius 2 is 2.15 bits per heavy atom. The molecule has 0 aromatic rings. The molecular formula is C10H20N2O. The van der Waals surface area contributed by atoms with Gasteiger partial charge in [-0.05, 0) is 19.4 Å². The van der Waals surface area contributed by atoms with Gasteiger partial charge in [-0.2, -0.15) is 0 Å². The minimum absolute atomic E-state index is 0.605. The average Bonchev–Trinajstić information content (AvgIpc) is 2.29. The second kappa shape index (κ2) is 3.95. The Labute approximate surface area is 80.4 Å².